The molecule has 124 valence electrons. The monoisotopic (exact) mass is 367 g/mol. The Morgan fingerprint density at radius 3 is 2.64 bits per heavy atom. The molecule has 3 aromatic rings. The zero-order valence-corrected chi connectivity index (χ0v) is 14.9. The third-order valence-corrected chi connectivity index (χ3v) is 5.37. The lowest BCUT2D eigenvalue weighted by atomic mass is 10.2. The molecule has 0 saturated carbocycles. The third-order valence-electron chi connectivity index (χ3n) is 3.90. The molecule has 1 aliphatic rings. The van der Waals surface area contributed by atoms with E-state index in [2.05, 4.69) is 10.4 Å². The van der Waals surface area contributed by atoms with E-state index in [0.29, 0.717) is 10.1 Å². The van der Waals surface area contributed by atoms with Crippen molar-refractivity contribution in [2.45, 2.75) is 11.8 Å². The smallest absolute Gasteiger partial charge is 0.262 e. The van der Waals surface area contributed by atoms with Crippen LogP contribution in [0.2, 0.25) is 5.15 Å². The first kappa shape index (κ1) is 16.0. The number of fused-ring (bicyclic) bond motifs is 1. The Bertz CT molecular complexity index is 995. The van der Waals surface area contributed by atoms with Gasteiger partial charge in [0.1, 0.15) is 5.15 Å². The van der Waals surface area contributed by atoms with Crippen molar-refractivity contribution in [2.75, 3.05) is 5.32 Å². The lowest BCUT2D eigenvalue weighted by molar-refractivity contribution is -0.112. The first-order valence-corrected chi connectivity index (χ1v) is 8.93. The fourth-order valence-corrected chi connectivity index (χ4v) is 3.91. The van der Waals surface area contributed by atoms with Crippen molar-refractivity contribution in [3.05, 3.63) is 75.9 Å². The summed E-state index contributed by atoms with van der Waals surface area (Å²) >= 11 is 7.98. The van der Waals surface area contributed by atoms with Gasteiger partial charge >= 0.3 is 0 Å². The molecule has 1 aliphatic heterocycles. The van der Waals surface area contributed by atoms with Gasteiger partial charge < -0.3 is 5.32 Å². The minimum atomic E-state index is -0.133. The SMILES string of the molecule is Cc1nn(-c2ccccc2)c(Cl)c1/C=C1\Sc2ccccc2NC1=O. The Hall–Kier alpha value is -2.50. The summed E-state index contributed by atoms with van der Waals surface area (Å²) in [5, 5.41) is 7.91. The van der Waals surface area contributed by atoms with E-state index in [1.54, 1.807) is 10.8 Å². The molecule has 0 atom stereocenters. The van der Waals surface area contributed by atoms with Crippen LogP contribution in [0.15, 0.2) is 64.4 Å². The van der Waals surface area contributed by atoms with E-state index >= 15 is 0 Å². The molecule has 0 bridgehead atoms. The Morgan fingerprint density at radius 1 is 1.12 bits per heavy atom. The molecule has 0 unspecified atom stereocenters. The van der Waals surface area contributed by atoms with Gasteiger partial charge in [-0.3, -0.25) is 4.79 Å². The highest BCUT2D eigenvalue weighted by atomic mass is 35.5. The molecule has 1 aromatic heterocycles. The number of amides is 1. The number of carbonyl (C=O) groups is 1. The molecule has 1 amide bonds. The molecular formula is C19H14ClN3OS. The summed E-state index contributed by atoms with van der Waals surface area (Å²) in [5.41, 5.74) is 3.24. The Balaban J connectivity index is 1.75. The maximum atomic E-state index is 12.4. The van der Waals surface area contributed by atoms with Crippen LogP contribution < -0.4 is 5.32 Å². The number of aryl methyl sites for hydroxylation is 1. The summed E-state index contributed by atoms with van der Waals surface area (Å²) in [6.45, 7) is 1.89. The third kappa shape index (κ3) is 2.97. The van der Waals surface area contributed by atoms with Crippen LogP contribution in [-0.2, 0) is 4.79 Å². The number of aromatic nitrogens is 2. The quantitative estimate of drug-likeness (QED) is 0.654. The number of hydrogen-bond acceptors (Lipinski definition) is 3. The van der Waals surface area contributed by atoms with Crippen molar-refractivity contribution in [1.29, 1.82) is 0 Å². The number of hydrogen-bond donors (Lipinski definition) is 1. The molecule has 2 aromatic carbocycles. The van der Waals surface area contributed by atoms with Crippen molar-refractivity contribution in [3.8, 4) is 5.69 Å². The number of benzene rings is 2. The molecule has 0 spiro atoms. The largest absolute Gasteiger partial charge is 0.320 e. The molecule has 0 radical (unpaired) electrons. The van der Waals surface area contributed by atoms with Crippen molar-refractivity contribution in [2.24, 2.45) is 0 Å². The van der Waals surface area contributed by atoms with Crippen LogP contribution in [0, 0.1) is 6.92 Å². The Morgan fingerprint density at radius 2 is 1.84 bits per heavy atom. The van der Waals surface area contributed by atoms with E-state index in [9.17, 15) is 4.79 Å². The summed E-state index contributed by atoms with van der Waals surface area (Å²) in [4.78, 5) is 14.0. The lowest BCUT2D eigenvalue weighted by Gasteiger charge is -2.18. The summed E-state index contributed by atoms with van der Waals surface area (Å²) in [6, 6.07) is 17.4. The second-order valence-electron chi connectivity index (χ2n) is 5.60. The van der Waals surface area contributed by atoms with Gasteiger partial charge in [0.2, 0.25) is 0 Å². The van der Waals surface area contributed by atoms with Crippen molar-refractivity contribution >= 4 is 41.0 Å². The maximum absolute atomic E-state index is 12.4. The Labute approximate surface area is 154 Å². The minimum absolute atomic E-state index is 0.133. The predicted molar refractivity (Wildman–Crippen MR) is 102 cm³/mol. The number of nitrogens with one attached hydrogen (secondary N) is 1. The summed E-state index contributed by atoms with van der Waals surface area (Å²) in [7, 11) is 0. The fraction of sp³-hybridized carbons (Fsp3) is 0.0526. The van der Waals surface area contributed by atoms with E-state index in [1.165, 1.54) is 11.8 Å². The summed E-state index contributed by atoms with van der Waals surface area (Å²) in [6.07, 6.45) is 1.81. The molecule has 1 N–H and O–H groups in total. The van der Waals surface area contributed by atoms with Crippen molar-refractivity contribution < 1.29 is 4.79 Å². The average molecular weight is 368 g/mol. The number of thioether (sulfide) groups is 1. The number of rotatable bonds is 2. The topological polar surface area (TPSA) is 46.9 Å². The molecule has 4 nitrogen and oxygen atoms in total. The van der Waals surface area contributed by atoms with Crippen molar-refractivity contribution in [1.82, 2.24) is 9.78 Å². The number of anilines is 1. The van der Waals surface area contributed by atoms with Gasteiger partial charge in [0.25, 0.3) is 5.91 Å². The van der Waals surface area contributed by atoms with E-state index in [-0.39, 0.29) is 5.91 Å². The van der Waals surface area contributed by atoms with Gasteiger partial charge in [0, 0.05) is 10.5 Å². The van der Waals surface area contributed by atoms with Crippen LogP contribution in [0.25, 0.3) is 11.8 Å². The Kier molecular flexibility index (Phi) is 4.11. The first-order chi connectivity index (χ1) is 12.1. The second-order valence-corrected chi connectivity index (χ2v) is 7.04. The number of halogens is 1. The molecule has 6 heteroatoms. The first-order valence-electron chi connectivity index (χ1n) is 7.74. The zero-order chi connectivity index (χ0) is 17.4. The van der Waals surface area contributed by atoms with E-state index in [1.807, 2.05) is 61.5 Å². The molecule has 0 fully saturated rings. The molecule has 0 saturated heterocycles. The second kappa shape index (κ2) is 6.43. The van der Waals surface area contributed by atoms with Crippen molar-refractivity contribution in [3.63, 3.8) is 0 Å². The maximum Gasteiger partial charge on any atom is 0.262 e. The summed E-state index contributed by atoms with van der Waals surface area (Å²) < 4.78 is 1.68. The van der Waals surface area contributed by atoms with Gasteiger partial charge in [0.15, 0.2) is 0 Å². The van der Waals surface area contributed by atoms with E-state index in [4.69, 9.17) is 11.6 Å². The van der Waals surface area contributed by atoms with E-state index in [0.717, 1.165) is 27.5 Å². The van der Waals surface area contributed by atoms with Gasteiger partial charge in [-0.1, -0.05) is 53.7 Å². The highest BCUT2D eigenvalue weighted by Gasteiger charge is 2.22. The van der Waals surface area contributed by atoms with Crippen LogP contribution in [-0.4, -0.2) is 15.7 Å². The standard InChI is InChI=1S/C19H14ClN3OS/c1-12-14(18(20)23(22-12)13-7-3-2-4-8-13)11-17-19(24)21-15-9-5-6-10-16(15)25-17/h2-11H,1H3,(H,21,24)/b17-11-. The predicted octanol–water partition coefficient (Wildman–Crippen LogP) is 4.92. The van der Waals surface area contributed by atoms with Crippen LogP contribution in [0.4, 0.5) is 5.69 Å². The molecule has 4 rings (SSSR count). The summed E-state index contributed by atoms with van der Waals surface area (Å²) in [5.74, 6) is -0.133. The van der Waals surface area contributed by atoms with Crippen LogP contribution >= 0.6 is 23.4 Å². The fourth-order valence-electron chi connectivity index (χ4n) is 2.65. The van der Waals surface area contributed by atoms with E-state index < -0.39 is 0 Å². The van der Waals surface area contributed by atoms with Gasteiger partial charge in [-0.2, -0.15) is 5.10 Å². The highest BCUT2D eigenvalue weighted by Crippen LogP contribution is 2.39. The zero-order valence-electron chi connectivity index (χ0n) is 13.4. The molecule has 25 heavy (non-hydrogen) atoms. The average Bonchev–Trinajstić information content (AvgIpc) is 2.91. The highest BCUT2D eigenvalue weighted by molar-refractivity contribution is 8.04. The van der Waals surface area contributed by atoms with Gasteiger partial charge in [0.05, 0.1) is 22.0 Å². The number of nitrogens with zero attached hydrogens (tertiary/aromatic N) is 2. The minimum Gasteiger partial charge on any atom is -0.320 e. The van der Waals surface area contributed by atoms with Crippen LogP contribution in [0.3, 0.4) is 0 Å². The number of carbonyl (C=O) groups excluding carboxylic acids is 1. The van der Waals surface area contributed by atoms with Gasteiger partial charge in [-0.05, 0) is 37.3 Å². The van der Waals surface area contributed by atoms with Gasteiger partial charge in [-0.25, -0.2) is 4.68 Å². The lowest BCUT2D eigenvalue weighted by Crippen LogP contribution is -2.17. The molecular weight excluding hydrogens is 354 g/mol. The normalized spacial score (nSPS) is 15.1. The van der Waals surface area contributed by atoms with Crippen LogP contribution in [0.1, 0.15) is 11.3 Å². The molecule has 0 aliphatic carbocycles. The molecule has 2 heterocycles. The van der Waals surface area contributed by atoms with Gasteiger partial charge in [-0.15, -0.1) is 0 Å². The van der Waals surface area contributed by atoms with Crippen LogP contribution in [0.5, 0.6) is 0 Å². The number of para-hydroxylation sites is 2.